The molecule has 7 aromatic carbocycles. The van der Waals surface area contributed by atoms with E-state index in [1.54, 1.807) is 0 Å². The lowest BCUT2D eigenvalue weighted by Crippen LogP contribution is -2.55. The summed E-state index contributed by atoms with van der Waals surface area (Å²) in [7, 11) is 46.3. The van der Waals surface area contributed by atoms with Crippen LogP contribution >= 0.6 is 0 Å². The molecule has 0 atom stereocenters. The molecule has 0 bridgehead atoms. The van der Waals surface area contributed by atoms with Gasteiger partial charge in [0, 0.05) is 10.8 Å². The third-order valence-corrected chi connectivity index (χ3v) is 16.4. The van der Waals surface area contributed by atoms with Gasteiger partial charge < -0.3 is 4.42 Å². The van der Waals surface area contributed by atoms with E-state index in [9.17, 15) is 0 Å². The Kier molecular flexibility index (Phi) is 10.2. The number of rotatable bonds is 3. The first-order chi connectivity index (χ1) is 27.7. The summed E-state index contributed by atoms with van der Waals surface area (Å²) >= 11 is 0. The first-order valence-corrected chi connectivity index (χ1v) is 21.7. The first kappa shape index (κ1) is 41.9. The van der Waals surface area contributed by atoms with Gasteiger partial charge in [0.1, 0.15) is 168 Å². The smallest absolute Gasteiger partial charge is 0.143 e. The highest BCUT2D eigenvalue weighted by molar-refractivity contribution is 6.74. The molecular weight excluding hydrogens is 689 g/mol. The number of fused-ring (bicyclic) bond motifs is 5. The van der Waals surface area contributed by atoms with Crippen LogP contribution in [0.25, 0.3) is 76.9 Å². The van der Waals surface area contributed by atoms with Crippen molar-refractivity contribution in [2.24, 2.45) is 0 Å². The molecule has 0 fully saturated rings. The van der Waals surface area contributed by atoms with Gasteiger partial charge in [-0.05, 0) is 54.9 Å². The van der Waals surface area contributed by atoms with Crippen molar-refractivity contribution in [2.75, 3.05) is 0 Å². The zero-order valence-corrected chi connectivity index (χ0v) is 39.7. The lowest BCUT2D eigenvalue weighted by atomic mass is 9.58. The average Bonchev–Trinajstić information content (AvgIpc) is 3.63. The molecule has 0 radical (unpaired) electrons. The van der Waals surface area contributed by atoms with Crippen LogP contribution in [0.1, 0.15) is 0 Å². The Balaban J connectivity index is 1.61. The van der Waals surface area contributed by atoms with E-state index in [1.807, 2.05) is 0 Å². The van der Waals surface area contributed by atoms with Crippen molar-refractivity contribution in [3.8, 4) is 33.4 Å². The molecule has 8 aromatic rings. The van der Waals surface area contributed by atoms with E-state index in [0.29, 0.717) is 0 Å². The topological polar surface area (TPSA) is 13.1 Å². The van der Waals surface area contributed by atoms with Crippen molar-refractivity contribution >= 4 is 310 Å². The van der Waals surface area contributed by atoms with Crippen molar-refractivity contribution < 1.29 is 4.42 Å². The second kappa shape index (κ2) is 14.4. The molecule has 59 heavy (non-hydrogen) atoms. The first-order valence-electron chi connectivity index (χ1n) is 21.7. The standard InChI is InChI=1S/C38H44B20O/c39-17-14(24(46)35(57)37-15(17)16-25(47)32(54)34(56)36(58)38(16)59-37)9-12-10(20(42)28(50)30(52)22(12)44)7(11-13(9)23(45)31(53)29(51)21(11)43)5-1-3-6(4-2-5)8-18(40)26(48)33(55)27(49)19(8)41/h1-4H,39-58H2. The van der Waals surface area contributed by atoms with E-state index in [4.69, 9.17) is 4.42 Å². The second-order valence-electron chi connectivity index (χ2n) is 18.6. The van der Waals surface area contributed by atoms with Gasteiger partial charge in [-0.25, -0.2) is 0 Å². The van der Waals surface area contributed by atoms with Crippen molar-refractivity contribution in [1.82, 2.24) is 0 Å². The largest absolute Gasteiger partial charge is 0.457 e. The predicted octanol–water partition coefficient (Wildman–Crippen LogP) is -23.9. The number of benzene rings is 7. The quantitative estimate of drug-likeness (QED) is 0.130. The molecule has 1 aromatic heterocycles. The number of hydrogen-bond donors (Lipinski definition) is 0. The van der Waals surface area contributed by atoms with Crippen LogP contribution in [0.3, 0.4) is 0 Å². The van der Waals surface area contributed by atoms with Gasteiger partial charge >= 0.3 is 0 Å². The van der Waals surface area contributed by atoms with Gasteiger partial charge in [0.05, 0.1) is 0 Å². The Hall–Kier alpha value is -3.84. The molecule has 0 unspecified atom stereocenters. The molecular formula is C38H44B20O. The molecule has 0 spiro atoms. The minimum Gasteiger partial charge on any atom is -0.457 e. The highest BCUT2D eigenvalue weighted by atomic mass is 16.3. The van der Waals surface area contributed by atoms with E-state index >= 15 is 0 Å². The van der Waals surface area contributed by atoms with Crippen LogP contribution in [-0.2, 0) is 0 Å². The van der Waals surface area contributed by atoms with Crippen LogP contribution in [0, 0.1) is 0 Å². The minimum absolute atomic E-state index is 1.03. The fraction of sp³-hybridized carbons (Fsp3) is 0. The van der Waals surface area contributed by atoms with Crippen molar-refractivity contribution in [3.05, 3.63) is 24.3 Å². The van der Waals surface area contributed by atoms with Crippen LogP contribution in [0.2, 0.25) is 0 Å². The van der Waals surface area contributed by atoms with Gasteiger partial charge in [-0.1, -0.05) is 89.8 Å². The van der Waals surface area contributed by atoms with E-state index in [-0.39, 0.29) is 0 Å². The summed E-state index contributed by atoms with van der Waals surface area (Å²) in [5, 5.41) is 8.08. The van der Waals surface area contributed by atoms with E-state index in [1.165, 1.54) is 175 Å². The minimum atomic E-state index is 1.03. The van der Waals surface area contributed by atoms with Crippen LogP contribution in [-0.4, -0.2) is 157 Å². The molecule has 0 aliphatic carbocycles. The molecule has 1 nitrogen and oxygen atoms in total. The van der Waals surface area contributed by atoms with Crippen LogP contribution in [0.15, 0.2) is 28.7 Å². The third-order valence-electron chi connectivity index (χ3n) is 16.4. The zero-order chi connectivity index (χ0) is 43.2. The SMILES string of the molecule is Bc1c(B)c(B)c(-c2ccc(-c3c4c(B)c(B)c(B)c(B)c4c(-c4c(B)c(B)c5oc6c(B)c(B)c(B)c(B)c6c5c4B)c4c(B)c(B)c(B)c(B)c34)cc2)c(B)c1B. The molecule has 0 amide bonds. The highest BCUT2D eigenvalue weighted by Gasteiger charge is 2.29. The maximum atomic E-state index is 6.97. The van der Waals surface area contributed by atoms with Gasteiger partial charge in [-0.15, -0.1) is 43.7 Å². The Labute approximate surface area is 369 Å². The van der Waals surface area contributed by atoms with Crippen molar-refractivity contribution in [1.29, 1.82) is 0 Å². The highest BCUT2D eigenvalue weighted by Crippen LogP contribution is 2.40. The molecule has 0 aliphatic rings. The zero-order valence-electron chi connectivity index (χ0n) is 39.7. The monoisotopic (exact) mass is 737 g/mol. The second-order valence-corrected chi connectivity index (χ2v) is 18.6. The third kappa shape index (κ3) is 5.60. The Morgan fingerprint density at radius 1 is 0.203 bits per heavy atom. The molecule has 262 valence electrons. The number of furan rings is 1. The molecule has 8 rings (SSSR count). The molecule has 1 heterocycles. The van der Waals surface area contributed by atoms with Crippen LogP contribution < -0.4 is 109 Å². The Bertz CT molecular complexity index is 3150. The van der Waals surface area contributed by atoms with Gasteiger partial charge in [-0.2, -0.15) is 0 Å². The lowest BCUT2D eigenvalue weighted by Gasteiger charge is -2.30. The Morgan fingerprint density at radius 3 is 0.864 bits per heavy atom. The molecule has 0 N–H and O–H groups in total. The summed E-state index contributed by atoms with van der Waals surface area (Å²) < 4.78 is 6.97. The van der Waals surface area contributed by atoms with Gasteiger partial charge in [0.25, 0.3) is 0 Å². The summed E-state index contributed by atoms with van der Waals surface area (Å²) in [5.41, 5.74) is 37.2. The number of hydrogen-bond acceptors (Lipinski definition) is 1. The molecule has 0 aliphatic heterocycles. The summed E-state index contributed by atoms with van der Waals surface area (Å²) in [5.74, 6) is 0. The summed E-state index contributed by atoms with van der Waals surface area (Å²) in [6.45, 7) is 0. The average molecular weight is 733 g/mol. The summed E-state index contributed by atoms with van der Waals surface area (Å²) in [6, 6.07) is 9.61. The van der Waals surface area contributed by atoms with Crippen molar-refractivity contribution in [3.63, 3.8) is 0 Å². The van der Waals surface area contributed by atoms with E-state index in [2.05, 4.69) is 181 Å². The fourth-order valence-electron chi connectivity index (χ4n) is 11.1. The van der Waals surface area contributed by atoms with E-state index in [0.717, 1.165) is 11.2 Å². The maximum absolute atomic E-state index is 6.97. The molecule has 0 saturated heterocycles. The molecule has 0 saturated carbocycles. The van der Waals surface area contributed by atoms with Gasteiger partial charge in [0.2, 0.25) is 0 Å². The lowest BCUT2D eigenvalue weighted by molar-refractivity contribution is 0.675. The summed E-state index contributed by atoms with van der Waals surface area (Å²) in [4.78, 5) is 0. The van der Waals surface area contributed by atoms with E-state index < -0.39 is 0 Å². The van der Waals surface area contributed by atoms with Crippen molar-refractivity contribution in [2.45, 2.75) is 0 Å². The van der Waals surface area contributed by atoms with Crippen LogP contribution in [0.4, 0.5) is 0 Å². The van der Waals surface area contributed by atoms with Crippen LogP contribution in [0.5, 0.6) is 0 Å². The normalized spacial score (nSPS) is 11.7. The van der Waals surface area contributed by atoms with Gasteiger partial charge in [0.15, 0.2) is 0 Å². The predicted molar refractivity (Wildman–Crippen MR) is 329 cm³/mol. The fourth-order valence-corrected chi connectivity index (χ4v) is 11.1. The molecule has 21 heteroatoms. The maximum Gasteiger partial charge on any atom is 0.143 e. The Morgan fingerprint density at radius 2 is 0.458 bits per heavy atom. The summed E-state index contributed by atoms with van der Waals surface area (Å²) in [6.07, 6.45) is 0. The van der Waals surface area contributed by atoms with Gasteiger partial charge in [-0.3, -0.25) is 0 Å².